The summed E-state index contributed by atoms with van der Waals surface area (Å²) in [7, 11) is 0. The molecule has 4 unspecified atom stereocenters. The van der Waals surface area contributed by atoms with Crippen molar-refractivity contribution < 1.29 is 4.79 Å². The lowest BCUT2D eigenvalue weighted by molar-refractivity contribution is -0.120. The second-order valence-electron chi connectivity index (χ2n) is 10.1. The van der Waals surface area contributed by atoms with E-state index in [0.29, 0.717) is 6.04 Å². The highest BCUT2D eigenvalue weighted by Crippen LogP contribution is 2.73. The summed E-state index contributed by atoms with van der Waals surface area (Å²) < 4.78 is 0. The molecule has 0 radical (unpaired) electrons. The average Bonchev–Trinajstić information content (AvgIpc) is 3.42. The first-order valence-corrected chi connectivity index (χ1v) is 10.7. The Labute approximate surface area is 171 Å². The van der Waals surface area contributed by atoms with Gasteiger partial charge in [-0.25, -0.2) is 4.98 Å². The summed E-state index contributed by atoms with van der Waals surface area (Å²) in [5.41, 5.74) is 5.29. The summed E-state index contributed by atoms with van der Waals surface area (Å²) in [6.45, 7) is 6.86. The Kier molecular flexibility index (Phi) is 3.15. The Morgan fingerprint density at radius 1 is 1.14 bits per heavy atom. The predicted octanol–water partition coefficient (Wildman–Crippen LogP) is 4.48. The van der Waals surface area contributed by atoms with Crippen LogP contribution in [-0.4, -0.2) is 33.4 Å². The molecule has 4 atom stereocenters. The molecule has 2 aromatic heterocycles. The lowest BCUT2D eigenvalue weighted by Crippen LogP contribution is -2.43. The highest BCUT2D eigenvalue weighted by molar-refractivity contribution is 5.82. The number of carbonyl (C=O) groups is 1. The number of amides is 1. The zero-order chi connectivity index (χ0) is 20.0. The van der Waals surface area contributed by atoms with Crippen LogP contribution in [0.2, 0.25) is 0 Å². The van der Waals surface area contributed by atoms with E-state index in [0.717, 1.165) is 31.3 Å². The number of hydrogen-bond donors (Lipinski definition) is 1. The summed E-state index contributed by atoms with van der Waals surface area (Å²) in [6.07, 6.45) is 8.33. The molecule has 1 amide bonds. The molecule has 1 aliphatic heterocycles. The van der Waals surface area contributed by atoms with Gasteiger partial charge in [-0.05, 0) is 54.9 Å². The molecule has 29 heavy (non-hydrogen) atoms. The molecule has 148 valence electrons. The van der Waals surface area contributed by atoms with Crippen molar-refractivity contribution in [2.75, 3.05) is 0 Å². The van der Waals surface area contributed by atoms with Gasteiger partial charge in [-0.1, -0.05) is 43.7 Å². The van der Waals surface area contributed by atoms with Crippen LogP contribution in [0.5, 0.6) is 0 Å². The molecule has 6 rings (SSSR count). The highest BCUT2D eigenvalue weighted by atomic mass is 16.1. The van der Waals surface area contributed by atoms with E-state index in [-0.39, 0.29) is 22.3 Å². The van der Waals surface area contributed by atoms with E-state index in [1.807, 2.05) is 12.3 Å². The molecule has 1 aromatic carbocycles. The standard InChI is InChI=1S/C25H27N3O/c1-16-6-8-17(9-7-16)25(14-23(25,2)3)21-12-24(11-20(24)28(21)15-29)19-13-27-22-18(19)5-4-10-26-22/h4-10,13,15,20-21H,11-12,14H2,1-3H3,(H,26,27). The number of piperidine rings is 1. The Morgan fingerprint density at radius 3 is 2.55 bits per heavy atom. The van der Waals surface area contributed by atoms with Gasteiger partial charge in [-0.3, -0.25) is 4.79 Å². The third-order valence-corrected chi connectivity index (χ3v) is 8.36. The SMILES string of the molecule is Cc1ccc(C2(C3CC4(c5c[nH]c6ncccc56)CC4N3C=O)CC2(C)C)cc1. The maximum Gasteiger partial charge on any atom is 0.210 e. The summed E-state index contributed by atoms with van der Waals surface area (Å²) in [4.78, 5) is 22.3. The van der Waals surface area contributed by atoms with E-state index in [1.54, 1.807) is 0 Å². The number of benzene rings is 1. The smallest absolute Gasteiger partial charge is 0.210 e. The molecule has 2 saturated carbocycles. The Morgan fingerprint density at radius 2 is 1.86 bits per heavy atom. The number of pyridine rings is 1. The van der Waals surface area contributed by atoms with Crippen LogP contribution in [0.4, 0.5) is 0 Å². The molecule has 3 aliphatic rings. The van der Waals surface area contributed by atoms with E-state index in [1.165, 1.54) is 22.1 Å². The van der Waals surface area contributed by atoms with Crippen molar-refractivity contribution in [2.45, 2.75) is 62.9 Å². The molecular formula is C25H27N3O. The van der Waals surface area contributed by atoms with Gasteiger partial charge in [-0.2, -0.15) is 0 Å². The minimum atomic E-state index is 0.0480. The number of fused-ring (bicyclic) bond motifs is 2. The number of nitrogens with one attached hydrogen (secondary N) is 1. The minimum absolute atomic E-state index is 0.0480. The van der Waals surface area contributed by atoms with Gasteiger partial charge in [0.1, 0.15) is 5.65 Å². The second kappa shape index (κ2) is 5.29. The van der Waals surface area contributed by atoms with E-state index in [2.05, 4.69) is 72.2 Å². The normalized spacial score (nSPS) is 34.2. The van der Waals surface area contributed by atoms with Crippen molar-refractivity contribution >= 4 is 17.4 Å². The Balaban J connectivity index is 1.45. The topological polar surface area (TPSA) is 49.0 Å². The highest BCUT2D eigenvalue weighted by Gasteiger charge is 2.75. The lowest BCUT2D eigenvalue weighted by atomic mass is 9.77. The maximum atomic E-state index is 12.3. The number of aryl methyl sites for hydroxylation is 1. The molecule has 4 heteroatoms. The molecule has 3 fully saturated rings. The molecule has 0 spiro atoms. The van der Waals surface area contributed by atoms with Gasteiger partial charge in [0.15, 0.2) is 0 Å². The molecule has 3 aromatic rings. The fourth-order valence-electron chi connectivity index (χ4n) is 6.66. The van der Waals surface area contributed by atoms with Crippen molar-refractivity contribution in [2.24, 2.45) is 5.41 Å². The summed E-state index contributed by atoms with van der Waals surface area (Å²) in [5, 5.41) is 1.21. The third kappa shape index (κ3) is 2.04. The molecule has 1 saturated heterocycles. The van der Waals surface area contributed by atoms with Crippen LogP contribution in [0.3, 0.4) is 0 Å². The second-order valence-corrected chi connectivity index (χ2v) is 10.1. The number of nitrogens with zero attached hydrogens (tertiary/aromatic N) is 2. The van der Waals surface area contributed by atoms with Gasteiger partial charge in [0.05, 0.1) is 0 Å². The first kappa shape index (κ1) is 17.3. The monoisotopic (exact) mass is 385 g/mol. The van der Waals surface area contributed by atoms with Crippen molar-refractivity contribution in [3.05, 3.63) is 65.5 Å². The van der Waals surface area contributed by atoms with Gasteiger partial charge >= 0.3 is 0 Å². The number of H-pyrrole nitrogens is 1. The summed E-state index contributed by atoms with van der Waals surface area (Å²) in [6, 6.07) is 13.7. The fraction of sp³-hybridized carbons (Fsp3) is 0.440. The van der Waals surface area contributed by atoms with Gasteiger partial charge < -0.3 is 9.88 Å². The molecule has 0 bridgehead atoms. The summed E-state index contributed by atoms with van der Waals surface area (Å²) in [5.74, 6) is 0. The van der Waals surface area contributed by atoms with Gasteiger partial charge in [0, 0.05) is 40.7 Å². The Hall–Kier alpha value is -2.62. The van der Waals surface area contributed by atoms with Crippen LogP contribution in [0, 0.1) is 12.3 Å². The van der Waals surface area contributed by atoms with Crippen LogP contribution in [-0.2, 0) is 15.6 Å². The third-order valence-electron chi connectivity index (χ3n) is 8.36. The largest absolute Gasteiger partial charge is 0.346 e. The Bertz CT molecular complexity index is 1130. The molecule has 1 N–H and O–H groups in total. The van der Waals surface area contributed by atoms with Crippen molar-refractivity contribution in [1.29, 1.82) is 0 Å². The van der Waals surface area contributed by atoms with E-state index < -0.39 is 0 Å². The zero-order valence-electron chi connectivity index (χ0n) is 17.3. The number of rotatable bonds is 4. The predicted molar refractivity (Wildman–Crippen MR) is 114 cm³/mol. The lowest BCUT2D eigenvalue weighted by Gasteiger charge is -2.35. The van der Waals surface area contributed by atoms with Gasteiger partial charge in [0.2, 0.25) is 6.41 Å². The molecular weight excluding hydrogens is 358 g/mol. The fourth-order valence-corrected chi connectivity index (χ4v) is 6.66. The van der Waals surface area contributed by atoms with Crippen LogP contribution >= 0.6 is 0 Å². The van der Waals surface area contributed by atoms with E-state index >= 15 is 0 Å². The first-order chi connectivity index (χ1) is 13.9. The minimum Gasteiger partial charge on any atom is -0.346 e. The molecule has 3 heterocycles. The van der Waals surface area contributed by atoms with Crippen molar-refractivity contribution in [1.82, 2.24) is 14.9 Å². The average molecular weight is 386 g/mol. The van der Waals surface area contributed by atoms with E-state index in [9.17, 15) is 4.79 Å². The number of carbonyl (C=O) groups excluding carboxylic acids is 1. The van der Waals surface area contributed by atoms with Crippen molar-refractivity contribution in [3.63, 3.8) is 0 Å². The molecule has 4 nitrogen and oxygen atoms in total. The van der Waals surface area contributed by atoms with Crippen molar-refractivity contribution in [3.8, 4) is 0 Å². The maximum absolute atomic E-state index is 12.3. The molecule has 2 aliphatic carbocycles. The summed E-state index contributed by atoms with van der Waals surface area (Å²) >= 11 is 0. The van der Waals surface area contributed by atoms with Crippen LogP contribution < -0.4 is 0 Å². The number of aromatic nitrogens is 2. The van der Waals surface area contributed by atoms with Gasteiger partial charge in [-0.15, -0.1) is 0 Å². The number of hydrogen-bond acceptors (Lipinski definition) is 2. The first-order valence-electron chi connectivity index (χ1n) is 10.7. The van der Waals surface area contributed by atoms with Gasteiger partial charge in [0.25, 0.3) is 0 Å². The van der Waals surface area contributed by atoms with Crippen LogP contribution in [0.25, 0.3) is 11.0 Å². The van der Waals surface area contributed by atoms with E-state index in [4.69, 9.17) is 0 Å². The zero-order valence-corrected chi connectivity index (χ0v) is 17.3. The quantitative estimate of drug-likeness (QED) is 0.673. The van der Waals surface area contributed by atoms with Crippen LogP contribution in [0.15, 0.2) is 48.8 Å². The number of aromatic amines is 1. The van der Waals surface area contributed by atoms with Crippen LogP contribution in [0.1, 0.15) is 49.8 Å². The number of likely N-dealkylation sites (tertiary alicyclic amines) is 1.